The van der Waals surface area contributed by atoms with Crippen molar-refractivity contribution in [2.45, 2.75) is 12.3 Å². The molecule has 1 unspecified atom stereocenters. The fourth-order valence-corrected chi connectivity index (χ4v) is 2.29. The van der Waals surface area contributed by atoms with Gasteiger partial charge in [0.25, 0.3) is 0 Å². The average Bonchev–Trinajstić information content (AvgIpc) is 2.95. The lowest BCUT2D eigenvalue weighted by Gasteiger charge is -2.06. The van der Waals surface area contributed by atoms with Crippen LogP contribution in [-0.4, -0.2) is 22.2 Å². The van der Waals surface area contributed by atoms with Gasteiger partial charge in [0.2, 0.25) is 0 Å². The summed E-state index contributed by atoms with van der Waals surface area (Å²) in [4.78, 5) is 12.3. The number of carbonyl (C=O) groups is 1. The highest BCUT2D eigenvalue weighted by molar-refractivity contribution is 5.88. The molecule has 0 saturated heterocycles. The van der Waals surface area contributed by atoms with Crippen molar-refractivity contribution in [2.24, 2.45) is 7.05 Å². The molecule has 3 rings (SSSR count). The van der Waals surface area contributed by atoms with E-state index in [1.54, 1.807) is 4.68 Å². The maximum Gasteiger partial charge on any atom is 0.149 e. The summed E-state index contributed by atoms with van der Waals surface area (Å²) >= 11 is 0. The Hall–Kier alpha value is -2.10. The summed E-state index contributed by atoms with van der Waals surface area (Å²) in [7, 11) is 1.85. The number of aromatic nitrogens is 2. The van der Waals surface area contributed by atoms with Crippen molar-refractivity contribution in [1.82, 2.24) is 9.78 Å². The largest absolute Gasteiger partial charge is 0.492 e. The monoisotopic (exact) mass is 242 g/mol. The SMILES string of the molecule is Cn1ccc(CC(=O)C2COc3ccccc32)n1. The van der Waals surface area contributed by atoms with Gasteiger partial charge in [-0.15, -0.1) is 0 Å². The standard InChI is InChI=1S/C14H14N2O2/c1-16-7-6-10(15-16)8-13(17)12-9-18-14-5-3-2-4-11(12)14/h2-7,12H,8-9H2,1H3. The predicted octanol–water partition coefficient (Wildman–Crippen LogP) is 1.71. The Bertz CT molecular complexity index is 589. The normalized spacial score (nSPS) is 17.3. The lowest BCUT2D eigenvalue weighted by molar-refractivity contribution is -0.120. The smallest absolute Gasteiger partial charge is 0.149 e. The van der Waals surface area contributed by atoms with Crippen LogP contribution in [0.2, 0.25) is 0 Å². The van der Waals surface area contributed by atoms with Crippen molar-refractivity contribution in [3.63, 3.8) is 0 Å². The van der Waals surface area contributed by atoms with Gasteiger partial charge in [0, 0.05) is 18.8 Å². The molecule has 0 fully saturated rings. The molecular formula is C14H14N2O2. The lowest BCUT2D eigenvalue weighted by Crippen LogP contribution is -2.16. The molecule has 1 aliphatic rings. The second-order valence-electron chi connectivity index (χ2n) is 4.53. The Morgan fingerprint density at radius 1 is 1.44 bits per heavy atom. The molecule has 4 heteroatoms. The first kappa shape index (κ1) is 11.0. The molecule has 4 nitrogen and oxygen atoms in total. The van der Waals surface area contributed by atoms with E-state index in [-0.39, 0.29) is 11.7 Å². The molecule has 1 atom stereocenters. The van der Waals surface area contributed by atoms with Gasteiger partial charge in [-0.25, -0.2) is 0 Å². The molecule has 1 aliphatic heterocycles. The number of aryl methyl sites for hydroxylation is 1. The minimum absolute atomic E-state index is 0.150. The molecule has 1 aromatic carbocycles. The number of hydrogen-bond donors (Lipinski definition) is 0. The molecule has 0 saturated carbocycles. The van der Waals surface area contributed by atoms with Crippen LogP contribution in [0.15, 0.2) is 36.5 Å². The van der Waals surface area contributed by atoms with Crippen LogP contribution < -0.4 is 4.74 Å². The lowest BCUT2D eigenvalue weighted by atomic mass is 9.94. The van der Waals surface area contributed by atoms with Crippen LogP contribution in [0.5, 0.6) is 5.75 Å². The second kappa shape index (κ2) is 4.29. The van der Waals surface area contributed by atoms with Crippen molar-refractivity contribution in [3.8, 4) is 5.75 Å². The minimum Gasteiger partial charge on any atom is -0.492 e. The summed E-state index contributed by atoms with van der Waals surface area (Å²) in [5.74, 6) is 0.846. The van der Waals surface area contributed by atoms with Crippen LogP contribution >= 0.6 is 0 Å². The zero-order valence-electron chi connectivity index (χ0n) is 10.2. The Balaban J connectivity index is 1.78. The van der Waals surface area contributed by atoms with Gasteiger partial charge in [-0.05, 0) is 12.1 Å². The van der Waals surface area contributed by atoms with Crippen LogP contribution in [0.25, 0.3) is 0 Å². The summed E-state index contributed by atoms with van der Waals surface area (Å²) in [6, 6.07) is 9.60. The van der Waals surface area contributed by atoms with Gasteiger partial charge in [0.1, 0.15) is 18.1 Å². The van der Waals surface area contributed by atoms with E-state index in [1.807, 2.05) is 43.6 Å². The Labute approximate surface area is 105 Å². The third-order valence-corrected chi connectivity index (χ3v) is 3.21. The summed E-state index contributed by atoms with van der Waals surface area (Å²) in [6.07, 6.45) is 2.21. The number of benzene rings is 1. The molecule has 1 aromatic heterocycles. The summed E-state index contributed by atoms with van der Waals surface area (Å²) < 4.78 is 7.24. The van der Waals surface area contributed by atoms with Crippen LogP contribution in [0.1, 0.15) is 17.2 Å². The molecule has 18 heavy (non-hydrogen) atoms. The van der Waals surface area contributed by atoms with Gasteiger partial charge in [-0.3, -0.25) is 9.48 Å². The molecule has 0 spiro atoms. The van der Waals surface area contributed by atoms with E-state index < -0.39 is 0 Å². The highest BCUT2D eigenvalue weighted by Crippen LogP contribution is 2.34. The Morgan fingerprint density at radius 3 is 3.06 bits per heavy atom. The van der Waals surface area contributed by atoms with E-state index in [0.29, 0.717) is 13.0 Å². The third-order valence-electron chi connectivity index (χ3n) is 3.21. The molecule has 0 aliphatic carbocycles. The van der Waals surface area contributed by atoms with Crippen molar-refractivity contribution in [2.75, 3.05) is 6.61 Å². The van der Waals surface area contributed by atoms with Crippen molar-refractivity contribution < 1.29 is 9.53 Å². The maximum absolute atomic E-state index is 12.3. The topological polar surface area (TPSA) is 44.1 Å². The molecular weight excluding hydrogens is 228 g/mol. The number of Topliss-reactive ketones (excluding diaryl/α,β-unsaturated/α-hetero) is 1. The number of fused-ring (bicyclic) bond motifs is 1. The molecule has 2 heterocycles. The number of nitrogens with zero attached hydrogens (tertiary/aromatic N) is 2. The molecule has 0 bridgehead atoms. The summed E-state index contributed by atoms with van der Waals surface area (Å²) in [5, 5.41) is 4.23. The van der Waals surface area contributed by atoms with Gasteiger partial charge in [-0.2, -0.15) is 5.10 Å². The first-order valence-corrected chi connectivity index (χ1v) is 5.97. The number of ketones is 1. The Kier molecular flexibility index (Phi) is 2.63. The zero-order valence-corrected chi connectivity index (χ0v) is 10.2. The van der Waals surface area contributed by atoms with E-state index in [2.05, 4.69) is 5.10 Å². The second-order valence-corrected chi connectivity index (χ2v) is 4.53. The van der Waals surface area contributed by atoms with E-state index in [4.69, 9.17) is 4.74 Å². The van der Waals surface area contributed by atoms with Crippen LogP contribution in [0.4, 0.5) is 0 Å². The van der Waals surface area contributed by atoms with E-state index in [0.717, 1.165) is 17.0 Å². The first-order chi connectivity index (χ1) is 8.74. The fraction of sp³-hybridized carbons (Fsp3) is 0.286. The number of ether oxygens (including phenoxy) is 1. The molecule has 0 amide bonds. The van der Waals surface area contributed by atoms with Crippen molar-refractivity contribution >= 4 is 5.78 Å². The van der Waals surface area contributed by atoms with Gasteiger partial charge in [-0.1, -0.05) is 18.2 Å². The van der Waals surface area contributed by atoms with Crippen LogP contribution in [0, 0.1) is 0 Å². The summed E-state index contributed by atoms with van der Waals surface area (Å²) in [6.45, 7) is 0.449. The maximum atomic E-state index is 12.3. The highest BCUT2D eigenvalue weighted by Gasteiger charge is 2.29. The van der Waals surface area contributed by atoms with Crippen LogP contribution in [0.3, 0.4) is 0 Å². The average molecular weight is 242 g/mol. The van der Waals surface area contributed by atoms with E-state index in [1.165, 1.54) is 0 Å². The van der Waals surface area contributed by atoms with Gasteiger partial charge in [0.15, 0.2) is 0 Å². The Morgan fingerprint density at radius 2 is 2.28 bits per heavy atom. The minimum atomic E-state index is -0.150. The number of para-hydroxylation sites is 1. The fourth-order valence-electron chi connectivity index (χ4n) is 2.29. The van der Waals surface area contributed by atoms with Gasteiger partial charge < -0.3 is 4.74 Å². The third kappa shape index (κ3) is 1.90. The highest BCUT2D eigenvalue weighted by atomic mass is 16.5. The van der Waals surface area contributed by atoms with Gasteiger partial charge >= 0.3 is 0 Å². The molecule has 2 aromatic rings. The number of hydrogen-bond acceptors (Lipinski definition) is 3. The van der Waals surface area contributed by atoms with Crippen molar-refractivity contribution in [1.29, 1.82) is 0 Å². The molecule has 92 valence electrons. The van der Waals surface area contributed by atoms with Gasteiger partial charge in [0.05, 0.1) is 18.0 Å². The molecule has 0 radical (unpaired) electrons. The zero-order chi connectivity index (χ0) is 12.5. The quantitative estimate of drug-likeness (QED) is 0.823. The van der Waals surface area contributed by atoms with E-state index in [9.17, 15) is 4.79 Å². The summed E-state index contributed by atoms with van der Waals surface area (Å²) in [5.41, 5.74) is 1.81. The van der Waals surface area contributed by atoms with E-state index >= 15 is 0 Å². The number of carbonyl (C=O) groups excluding carboxylic acids is 1. The molecule has 0 N–H and O–H groups in total. The first-order valence-electron chi connectivity index (χ1n) is 5.97. The van der Waals surface area contributed by atoms with Crippen LogP contribution in [-0.2, 0) is 18.3 Å². The number of rotatable bonds is 3. The predicted molar refractivity (Wildman–Crippen MR) is 66.6 cm³/mol. The van der Waals surface area contributed by atoms with Crippen molar-refractivity contribution in [3.05, 3.63) is 47.8 Å².